The topological polar surface area (TPSA) is 59.5 Å². The average Bonchev–Trinajstić information content (AvgIpc) is 2.63. The molecule has 1 aromatic heterocycles. The van der Waals surface area contributed by atoms with Crippen LogP contribution in [0.25, 0.3) is 0 Å². The van der Waals surface area contributed by atoms with Gasteiger partial charge in [-0.05, 0) is 13.8 Å². The van der Waals surface area contributed by atoms with Crippen molar-refractivity contribution in [2.24, 2.45) is 0 Å². The Balaban J connectivity index is 1.94. The fourth-order valence-electron chi connectivity index (χ4n) is 2.51. The molecule has 3 rings (SSSR count). The summed E-state index contributed by atoms with van der Waals surface area (Å²) in [6.07, 6.45) is 0. The van der Waals surface area contributed by atoms with Crippen LogP contribution in [0.1, 0.15) is 18.3 Å². The van der Waals surface area contributed by atoms with Crippen LogP contribution in [-0.4, -0.2) is 48.9 Å². The van der Waals surface area contributed by atoms with E-state index < -0.39 is 0 Å². The molecule has 1 fully saturated rings. The van der Waals surface area contributed by atoms with Gasteiger partial charge in [0.05, 0.1) is 24.9 Å². The summed E-state index contributed by atoms with van der Waals surface area (Å²) in [6.45, 7) is 8.69. The van der Waals surface area contributed by atoms with Crippen molar-refractivity contribution in [3.8, 4) is 5.88 Å². The third kappa shape index (κ3) is 2.50. The molecule has 1 atom stereocenters. The van der Waals surface area contributed by atoms with Gasteiger partial charge in [0, 0.05) is 19.6 Å². The van der Waals surface area contributed by atoms with Gasteiger partial charge >= 0.3 is 0 Å². The maximum atomic E-state index is 5.68. The number of morpholine rings is 1. The van der Waals surface area contributed by atoms with Crippen LogP contribution in [0.5, 0.6) is 5.88 Å². The van der Waals surface area contributed by atoms with Crippen molar-refractivity contribution >= 4 is 5.82 Å². The number of nitrogens with one attached hydrogen (secondary N) is 1. The first kappa shape index (κ1) is 12.6. The molecular weight excluding hydrogens is 244 g/mol. The second kappa shape index (κ2) is 5.30. The minimum Gasteiger partial charge on any atom is -0.475 e. The van der Waals surface area contributed by atoms with E-state index in [4.69, 9.17) is 14.5 Å². The summed E-state index contributed by atoms with van der Waals surface area (Å²) in [5, 5.41) is 3.28. The Kier molecular flexibility index (Phi) is 3.52. The Morgan fingerprint density at radius 1 is 1.32 bits per heavy atom. The molecule has 104 valence electrons. The summed E-state index contributed by atoms with van der Waals surface area (Å²) in [6, 6.07) is 0.323. The predicted molar refractivity (Wildman–Crippen MR) is 71.6 cm³/mol. The molecule has 2 aliphatic rings. The van der Waals surface area contributed by atoms with Crippen LogP contribution in [0.15, 0.2) is 0 Å². The van der Waals surface area contributed by atoms with Gasteiger partial charge in [0.25, 0.3) is 0 Å². The van der Waals surface area contributed by atoms with Gasteiger partial charge in [0.2, 0.25) is 5.88 Å². The van der Waals surface area contributed by atoms with Crippen LogP contribution in [0.4, 0.5) is 5.82 Å². The molecule has 0 aliphatic carbocycles. The number of ether oxygens (including phenoxy) is 2. The van der Waals surface area contributed by atoms with Gasteiger partial charge in [0.1, 0.15) is 12.3 Å². The van der Waals surface area contributed by atoms with Gasteiger partial charge in [-0.3, -0.25) is 0 Å². The second-order valence-corrected chi connectivity index (χ2v) is 5.03. The molecule has 0 aromatic carbocycles. The predicted octanol–water partition coefficient (Wildman–Crippen LogP) is 0.492. The lowest BCUT2D eigenvalue weighted by atomic mass is 10.2. The van der Waals surface area contributed by atoms with E-state index in [-0.39, 0.29) is 0 Å². The zero-order valence-corrected chi connectivity index (χ0v) is 11.5. The molecule has 0 bridgehead atoms. The van der Waals surface area contributed by atoms with Crippen LogP contribution in [0, 0.1) is 6.92 Å². The molecule has 0 spiro atoms. The number of aryl methyl sites for hydroxylation is 1. The first-order chi connectivity index (χ1) is 9.25. The highest BCUT2D eigenvalue weighted by Crippen LogP contribution is 2.26. The monoisotopic (exact) mass is 264 g/mol. The molecule has 1 saturated heterocycles. The third-order valence-electron chi connectivity index (χ3n) is 3.53. The lowest BCUT2D eigenvalue weighted by Crippen LogP contribution is -2.44. The smallest absolute Gasteiger partial charge is 0.239 e. The molecule has 0 saturated carbocycles. The Morgan fingerprint density at radius 2 is 2.21 bits per heavy atom. The van der Waals surface area contributed by atoms with Crippen molar-refractivity contribution in [2.75, 3.05) is 37.8 Å². The Morgan fingerprint density at radius 3 is 3.05 bits per heavy atom. The minimum atomic E-state index is 0.323. The standard InChI is InChI=1S/C13H20N4O2/c1-9-8-18-6-4-17(9)12-10(2)15-11-7-14-3-5-19-13(11)16-12/h9,14H,3-8H2,1-2H3/t9-/m1/s1. The largest absolute Gasteiger partial charge is 0.475 e. The average molecular weight is 264 g/mol. The lowest BCUT2D eigenvalue weighted by Gasteiger charge is -2.35. The van der Waals surface area contributed by atoms with Crippen molar-refractivity contribution in [1.29, 1.82) is 0 Å². The number of nitrogens with zero attached hydrogens (tertiary/aromatic N) is 3. The number of rotatable bonds is 1. The summed E-state index contributed by atoms with van der Waals surface area (Å²) < 4.78 is 11.2. The molecule has 6 heteroatoms. The van der Waals surface area contributed by atoms with Gasteiger partial charge < -0.3 is 19.7 Å². The van der Waals surface area contributed by atoms with E-state index in [9.17, 15) is 0 Å². The first-order valence-corrected chi connectivity index (χ1v) is 6.81. The van der Waals surface area contributed by atoms with Crippen LogP contribution in [0.3, 0.4) is 0 Å². The highest BCUT2D eigenvalue weighted by molar-refractivity contribution is 5.47. The summed E-state index contributed by atoms with van der Waals surface area (Å²) in [4.78, 5) is 11.6. The molecule has 19 heavy (non-hydrogen) atoms. The normalized spacial score (nSPS) is 23.5. The maximum absolute atomic E-state index is 5.68. The fourth-order valence-corrected chi connectivity index (χ4v) is 2.51. The molecule has 6 nitrogen and oxygen atoms in total. The summed E-state index contributed by atoms with van der Waals surface area (Å²) in [5.74, 6) is 1.60. The number of anilines is 1. The summed E-state index contributed by atoms with van der Waals surface area (Å²) in [7, 11) is 0. The summed E-state index contributed by atoms with van der Waals surface area (Å²) in [5.41, 5.74) is 1.86. The first-order valence-electron chi connectivity index (χ1n) is 6.81. The SMILES string of the molecule is Cc1nc2c(nc1N1CCOC[C@H]1C)OCCNC2. The van der Waals surface area contributed by atoms with Crippen LogP contribution in [0.2, 0.25) is 0 Å². The van der Waals surface area contributed by atoms with E-state index in [1.807, 2.05) is 6.92 Å². The molecule has 0 radical (unpaired) electrons. The third-order valence-corrected chi connectivity index (χ3v) is 3.53. The second-order valence-electron chi connectivity index (χ2n) is 5.03. The lowest BCUT2D eigenvalue weighted by molar-refractivity contribution is 0.0983. The molecule has 1 aromatic rings. The van der Waals surface area contributed by atoms with Crippen molar-refractivity contribution in [1.82, 2.24) is 15.3 Å². The highest BCUT2D eigenvalue weighted by atomic mass is 16.5. The van der Waals surface area contributed by atoms with Crippen LogP contribution >= 0.6 is 0 Å². The number of hydrogen-bond acceptors (Lipinski definition) is 6. The van der Waals surface area contributed by atoms with Crippen LogP contribution < -0.4 is 15.0 Å². The van der Waals surface area contributed by atoms with E-state index in [0.717, 1.165) is 50.1 Å². The van der Waals surface area contributed by atoms with Gasteiger partial charge in [0.15, 0.2) is 5.82 Å². The van der Waals surface area contributed by atoms with Crippen molar-refractivity contribution < 1.29 is 9.47 Å². The van der Waals surface area contributed by atoms with E-state index in [2.05, 4.69) is 22.1 Å². The van der Waals surface area contributed by atoms with E-state index in [1.54, 1.807) is 0 Å². The molecular formula is C13H20N4O2. The van der Waals surface area contributed by atoms with E-state index in [0.29, 0.717) is 18.5 Å². The van der Waals surface area contributed by atoms with Gasteiger partial charge in [-0.1, -0.05) is 0 Å². The summed E-state index contributed by atoms with van der Waals surface area (Å²) >= 11 is 0. The Bertz CT molecular complexity index is 466. The van der Waals surface area contributed by atoms with Gasteiger partial charge in [-0.15, -0.1) is 0 Å². The van der Waals surface area contributed by atoms with E-state index >= 15 is 0 Å². The maximum Gasteiger partial charge on any atom is 0.239 e. The Hall–Kier alpha value is -1.40. The molecule has 3 heterocycles. The quantitative estimate of drug-likeness (QED) is 0.797. The zero-order valence-electron chi connectivity index (χ0n) is 11.5. The van der Waals surface area contributed by atoms with Gasteiger partial charge in [-0.2, -0.15) is 4.98 Å². The highest BCUT2D eigenvalue weighted by Gasteiger charge is 2.24. The van der Waals surface area contributed by atoms with Crippen molar-refractivity contribution in [2.45, 2.75) is 26.4 Å². The van der Waals surface area contributed by atoms with E-state index in [1.165, 1.54) is 0 Å². The number of aromatic nitrogens is 2. The number of fused-ring (bicyclic) bond motifs is 1. The Labute approximate surface area is 113 Å². The molecule has 0 unspecified atom stereocenters. The van der Waals surface area contributed by atoms with Crippen LogP contribution in [-0.2, 0) is 11.3 Å². The fraction of sp³-hybridized carbons (Fsp3) is 0.692. The van der Waals surface area contributed by atoms with Crippen molar-refractivity contribution in [3.05, 3.63) is 11.4 Å². The molecule has 1 N–H and O–H groups in total. The van der Waals surface area contributed by atoms with Crippen molar-refractivity contribution in [3.63, 3.8) is 0 Å². The number of hydrogen-bond donors (Lipinski definition) is 1. The minimum absolute atomic E-state index is 0.323. The molecule has 0 amide bonds. The van der Waals surface area contributed by atoms with Gasteiger partial charge in [-0.25, -0.2) is 4.98 Å². The molecule has 2 aliphatic heterocycles. The zero-order chi connectivity index (χ0) is 13.2.